The highest BCUT2D eigenvalue weighted by molar-refractivity contribution is 7.89. The lowest BCUT2D eigenvalue weighted by molar-refractivity contribution is -0.134. The zero-order valence-corrected chi connectivity index (χ0v) is 18.3. The molecule has 3 aromatic rings. The molecule has 0 aromatic heterocycles. The van der Waals surface area contributed by atoms with Gasteiger partial charge in [0.25, 0.3) is 0 Å². The van der Waals surface area contributed by atoms with Crippen LogP contribution >= 0.6 is 12.4 Å². The monoisotopic (exact) mass is 458 g/mol. The van der Waals surface area contributed by atoms with Crippen LogP contribution in [-0.2, 0) is 21.4 Å². The molecule has 1 aliphatic rings. The lowest BCUT2D eigenvalue weighted by Gasteiger charge is -2.33. The van der Waals surface area contributed by atoms with Gasteiger partial charge in [0.15, 0.2) is 0 Å². The molecule has 0 radical (unpaired) electrons. The van der Waals surface area contributed by atoms with Gasteiger partial charge in [-0.2, -0.15) is 4.31 Å². The smallest absolute Gasteiger partial charge is 0.243 e. The zero-order valence-electron chi connectivity index (χ0n) is 16.7. The Morgan fingerprint density at radius 3 is 2.29 bits per heavy atom. The summed E-state index contributed by atoms with van der Waals surface area (Å²) < 4.78 is 27.4. The largest absolute Gasteiger partial charge is 0.384 e. The number of hydrogen-bond donors (Lipinski definition) is 2. The number of nitrogens with one attached hydrogen (secondary N) is 1. The molecule has 0 atom stereocenters. The number of nitrogens with zero attached hydrogens (tertiary/aromatic N) is 2. The second kappa shape index (κ2) is 9.05. The minimum atomic E-state index is -3.75. The van der Waals surface area contributed by atoms with Crippen molar-refractivity contribution in [2.75, 3.05) is 19.6 Å². The second-order valence-corrected chi connectivity index (χ2v) is 9.21. The highest BCUT2D eigenvalue weighted by Crippen LogP contribution is 2.23. The predicted molar refractivity (Wildman–Crippen MR) is 123 cm³/mol. The molecule has 1 saturated heterocycles. The van der Waals surface area contributed by atoms with E-state index in [0.717, 1.165) is 16.3 Å². The Hall–Kier alpha value is -2.94. The maximum absolute atomic E-state index is 13.1. The molecule has 0 saturated carbocycles. The second-order valence-electron chi connectivity index (χ2n) is 7.27. The Kier molecular flexibility index (Phi) is 6.64. The topological polar surface area (TPSA) is 108 Å². The number of nitrogen functional groups attached to an aromatic ring is 1. The summed E-state index contributed by atoms with van der Waals surface area (Å²) in [4.78, 5) is 14.5. The van der Waals surface area contributed by atoms with Crippen molar-refractivity contribution in [2.24, 2.45) is 5.73 Å². The average molecular weight is 459 g/mol. The normalized spacial score (nSPS) is 15.0. The number of rotatable bonds is 5. The molecule has 0 aliphatic carbocycles. The molecule has 3 N–H and O–H groups in total. The molecule has 1 amide bonds. The molecule has 31 heavy (non-hydrogen) atoms. The number of sulfonamides is 1. The Balaban J connectivity index is 0.00000272. The fraction of sp³-hybridized carbons (Fsp3) is 0.182. The third-order valence-corrected chi connectivity index (χ3v) is 7.12. The number of fused-ring (bicyclic) bond motifs is 1. The predicted octanol–water partition coefficient (Wildman–Crippen LogP) is 2.58. The molecule has 9 heteroatoms. The van der Waals surface area contributed by atoms with Gasteiger partial charge in [-0.05, 0) is 28.5 Å². The van der Waals surface area contributed by atoms with Crippen molar-refractivity contribution in [2.45, 2.75) is 11.4 Å². The highest BCUT2D eigenvalue weighted by Gasteiger charge is 2.32. The Morgan fingerprint density at radius 1 is 0.968 bits per heavy atom. The van der Waals surface area contributed by atoms with Crippen LogP contribution in [0.3, 0.4) is 0 Å². The van der Waals surface area contributed by atoms with Gasteiger partial charge in [0.05, 0.1) is 11.4 Å². The van der Waals surface area contributed by atoms with E-state index in [1.807, 2.05) is 36.4 Å². The number of hydrogen-bond acceptors (Lipinski definition) is 4. The molecule has 0 bridgehead atoms. The van der Waals surface area contributed by atoms with Gasteiger partial charge >= 0.3 is 0 Å². The Morgan fingerprint density at radius 2 is 1.65 bits per heavy atom. The van der Waals surface area contributed by atoms with E-state index < -0.39 is 10.0 Å². The zero-order chi connectivity index (χ0) is 21.3. The van der Waals surface area contributed by atoms with Gasteiger partial charge in [0, 0.05) is 25.2 Å². The van der Waals surface area contributed by atoms with Crippen LogP contribution in [0.4, 0.5) is 0 Å². The maximum atomic E-state index is 13.1. The van der Waals surface area contributed by atoms with Gasteiger partial charge in [-0.15, -0.1) is 12.4 Å². The van der Waals surface area contributed by atoms with Crippen molar-refractivity contribution in [3.8, 4) is 0 Å². The van der Waals surface area contributed by atoms with Crippen molar-refractivity contribution in [1.82, 2.24) is 9.21 Å². The van der Waals surface area contributed by atoms with Gasteiger partial charge in [-0.25, -0.2) is 8.42 Å². The van der Waals surface area contributed by atoms with Gasteiger partial charge in [-0.3, -0.25) is 10.2 Å². The van der Waals surface area contributed by atoms with Crippen LogP contribution in [0.2, 0.25) is 0 Å². The van der Waals surface area contributed by atoms with E-state index in [-0.39, 0.29) is 42.1 Å². The lowest BCUT2D eigenvalue weighted by Crippen LogP contribution is -2.51. The molecule has 1 heterocycles. The van der Waals surface area contributed by atoms with Gasteiger partial charge in [0.1, 0.15) is 5.84 Å². The average Bonchev–Trinajstić information content (AvgIpc) is 2.75. The number of carbonyl (C=O) groups is 1. The maximum Gasteiger partial charge on any atom is 0.243 e. The molecule has 1 fully saturated rings. The first-order chi connectivity index (χ1) is 14.3. The molecule has 0 unspecified atom stereocenters. The molecule has 162 valence electrons. The number of halogens is 1. The Labute approximate surface area is 187 Å². The summed E-state index contributed by atoms with van der Waals surface area (Å²) in [5, 5.41) is 9.25. The molecule has 7 nitrogen and oxygen atoms in total. The van der Waals surface area contributed by atoms with Crippen LogP contribution in [0, 0.1) is 5.41 Å². The van der Waals surface area contributed by atoms with E-state index in [0.29, 0.717) is 18.7 Å². The first-order valence-corrected chi connectivity index (χ1v) is 11.0. The molecular weight excluding hydrogens is 436 g/mol. The summed E-state index contributed by atoms with van der Waals surface area (Å²) in [5.74, 6) is -0.244. The third-order valence-electron chi connectivity index (χ3n) is 5.28. The summed E-state index contributed by atoms with van der Waals surface area (Å²) >= 11 is 0. The standard InChI is InChI=1S/C22H22N4O3S.ClH/c23-22(24)18-7-5-16(6-8-18)14-25-11-12-26(15-21(25)27)30(28,29)20-10-9-17-3-1-2-4-19(17)13-20;/h1-10,13H,11-12,14-15H2,(H3,23,24);1H. The van der Waals surface area contributed by atoms with E-state index in [1.165, 1.54) is 4.31 Å². The first-order valence-electron chi connectivity index (χ1n) is 9.55. The van der Waals surface area contributed by atoms with E-state index >= 15 is 0 Å². The molecular formula is C22H23ClN4O3S. The van der Waals surface area contributed by atoms with Crippen LogP contribution in [0.1, 0.15) is 11.1 Å². The highest BCUT2D eigenvalue weighted by atomic mass is 35.5. The van der Waals surface area contributed by atoms with E-state index in [2.05, 4.69) is 0 Å². The first kappa shape index (κ1) is 22.7. The number of piperazine rings is 1. The Bertz CT molecular complexity index is 1230. The quantitative estimate of drug-likeness (QED) is 0.452. The van der Waals surface area contributed by atoms with Crippen molar-refractivity contribution in [3.63, 3.8) is 0 Å². The summed E-state index contributed by atoms with van der Waals surface area (Å²) in [6.07, 6.45) is 0. The van der Waals surface area contributed by atoms with Crippen molar-refractivity contribution in [3.05, 3.63) is 77.9 Å². The van der Waals surface area contributed by atoms with Crippen molar-refractivity contribution >= 4 is 44.9 Å². The minimum absolute atomic E-state index is 0. The van der Waals surface area contributed by atoms with Gasteiger partial charge in [-0.1, -0.05) is 54.6 Å². The number of amides is 1. The molecule has 3 aromatic carbocycles. The fourth-order valence-corrected chi connectivity index (χ4v) is 4.96. The van der Waals surface area contributed by atoms with Crippen LogP contribution in [0.5, 0.6) is 0 Å². The number of amidine groups is 1. The van der Waals surface area contributed by atoms with E-state index in [1.54, 1.807) is 35.2 Å². The van der Waals surface area contributed by atoms with Gasteiger partial charge < -0.3 is 10.6 Å². The van der Waals surface area contributed by atoms with Crippen LogP contribution in [0.25, 0.3) is 10.8 Å². The number of nitrogens with two attached hydrogens (primary N) is 1. The van der Waals surface area contributed by atoms with Crippen molar-refractivity contribution in [1.29, 1.82) is 5.41 Å². The SMILES string of the molecule is Cl.N=C(N)c1ccc(CN2CCN(S(=O)(=O)c3ccc4ccccc4c3)CC2=O)cc1. The third kappa shape index (κ3) is 4.71. The summed E-state index contributed by atoms with van der Waals surface area (Å²) in [6, 6.07) is 19.7. The molecule has 0 spiro atoms. The summed E-state index contributed by atoms with van der Waals surface area (Å²) in [5.41, 5.74) is 6.98. The summed E-state index contributed by atoms with van der Waals surface area (Å²) in [6.45, 7) is 0.772. The molecule has 4 rings (SSSR count). The minimum Gasteiger partial charge on any atom is -0.384 e. The van der Waals surface area contributed by atoms with Crippen LogP contribution in [0.15, 0.2) is 71.6 Å². The van der Waals surface area contributed by atoms with Gasteiger partial charge in [0.2, 0.25) is 15.9 Å². The van der Waals surface area contributed by atoms with E-state index in [4.69, 9.17) is 11.1 Å². The van der Waals surface area contributed by atoms with Crippen LogP contribution < -0.4 is 5.73 Å². The molecule has 1 aliphatic heterocycles. The van der Waals surface area contributed by atoms with E-state index in [9.17, 15) is 13.2 Å². The number of benzene rings is 3. The number of carbonyl (C=O) groups excluding carboxylic acids is 1. The summed E-state index contributed by atoms with van der Waals surface area (Å²) in [7, 11) is -3.75. The van der Waals surface area contributed by atoms with Crippen molar-refractivity contribution < 1.29 is 13.2 Å². The fourth-order valence-electron chi connectivity index (χ4n) is 3.55. The van der Waals surface area contributed by atoms with Crippen LogP contribution in [-0.4, -0.2) is 49.0 Å². The lowest BCUT2D eigenvalue weighted by atomic mass is 10.1.